The molecule has 38 heteroatoms. The number of aromatic hydroxyl groups is 1. The van der Waals surface area contributed by atoms with Crippen LogP contribution in [0.25, 0.3) is 32.7 Å². The largest absolute Gasteiger partial charge is 0.506 e. The molecule has 141 heavy (non-hydrogen) atoms. The molecule has 4 atom stereocenters. The zero-order valence-electron chi connectivity index (χ0n) is 82.0. The third kappa shape index (κ3) is 18.1. The summed E-state index contributed by atoms with van der Waals surface area (Å²) in [6.07, 6.45) is 16.8. The number of amides is 8. The minimum atomic E-state index is -0.668. The maximum absolute atomic E-state index is 14.7. The smallest absolute Gasteiger partial charge is 0.277 e. The van der Waals surface area contributed by atoms with Crippen molar-refractivity contribution in [1.29, 1.82) is 0 Å². The van der Waals surface area contributed by atoms with Gasteiger partial charge in [-0.05, 0) is 192 Å². The molecule has 4 aromatic carbocycles. The molecule has 4 N–H and O–H groups in total. The lowest BCUT2D eigenvalue weighted by Crippen LogP contribution is -2.59. The molecule has 8 amide bonds. The summed E-state index contributed by atoms with van der Waals surface area (Å²) in [6, 6.07) is 18.6. The van der Waals surface area contributed by atoms with Gasteiger partial charge in [0, 0.05) is 229 Å². The maximum Gasteiger partial charge on any atom is 0.277 e. The number of carbonyl (C=O) groups excluding carboxylic acids is 8. The average molecular weight is 1910 g/mol. The molecule has 21 rings (SSSR count). The number of likely N-dealkylation sites (N-methyl/N-ethyl adjacent to an activating group) is 2. The SMILES string of the molecule is C=CC(=O)N1CCN(c2c(C)cnc3c2CCN(c2c(C)ccc4[nH]ncc24)C3=O)CC1.C=CC(=O)N1CCN(c2ccnc3c2CCN(c2c(C)ccc4[nH]ncc24)C3=O)CC1.C=CC(=O)N1C[C@H](C)N(c2nc(N3CC(N(C)C)C3)nc3c2CCN(c2c(C)ccc4[nH]ncc24)C3=O)C[C@H]1C.C=CC(=O)N1C[C@H](C)N(c2nc(N3CC(N(C)C)C3)nc3c2CCN(c2c(O)cccc2F)C3=O)C[C@H]1C. The Morgan fingerprint density at radius 1 is 0.397 bits per heavy atom. The fourth-order valence-electron chi connectivity index (χ4n) is 21.2. The van der Waals surface area contributed by atoms with E-state index >= 15 is 0 Å². The van der Waals surface area contributed by atoms with Crippen LogP contribution in [0.3, 0.4) is 0 Å². The molecule has 0 unspecified atom stereocenters. The highest BCUT2D eigenvalue weighted by atomic mass is 19.1. The monoisotopic (exact) mass is 1910 g/mol. The second-order valence-electron chi connectivity index (χ2n) is 38.4. The first-order valence-electron chi connectivity index (χ1n) is 48.2. The standard InChI is InChI=1S/C29H37N9O2.C27H34FN7O3.C24H26N6O2.C23H24N6O2/c1-7-24(39)37-13-19(4)38(14-18(37)3)27-21-10-11-36(26-17(2)8-9-23-22(26)12-30-33-23)28(40)25(21)31-29(32-27)35-15-20(16-35)34(5)6;1-6-22(37)34-12-17(3)35(13-16(34)2)25-19-10-11-33(24-20(28)8-7-9-21(24)36)26(38)23(19)29-27(30-25)32-14-18(15-32)31(4)5;1-4-20(31)28-9-11-29(12-10-28)22-16(3)13-25-21-17(22)7-8-30(24(21)32)23-15(2)5-6-19-18(23)14-26-27-19;1-3-20(30)28-12-10-27(11-13-28)19-6-8-24-21-16(19)7-9-29(23(21)31)22-15(2)4-5-18-17(22)14-25-26-18/h7-9,12,18-20H,1,10-11,13-16H2,2-6H3,(H,30,33);6-9,16-18,36H,1,10-15H2,2-5H3;4-6,13-14H,1,7-12H2,2-3H3,(H,26,27);3-6,8,14H,1,7,9-13H2,2H3,(H,25,26)/t18-,19+;16-,17+;;/m11../s1. The number of nitrogens with zero attached hydrogens (tertiary/aromatic N) is 25. The Balaban J connectivity index is 0.000000125. The molecule has 10 aliphatic heterocycles. The van der Waals surface area contributed by atoms with E-state index in [0.717, 1.165) is 171 Å². The highest BCUT2D eigenvalue weighted by molar-refractivity contribution is 6.15. The number of pyridine rings is 2. The van der Waals surface area contributed by atoms with Crippen LogP contribution in [0.2, 0.25) is 0 Å². The number of rotatable bonds is 16. The number of anilines is 10. The minimum absolute atomic E-state index is 0.0185. The second kappa shape index (κ2) is 39.7. The molecule has 7 aromatic heterocycles. The molecule has 0 saturated carbocycles. The van der Waals surface area contributed by atoms with Gasteiger partial charge in [0.15, 0.2) is 5.82 Å². The molecule has 0 spiro atoms. The first-order valence-corrected chi connectivity index (χ1v) is 48.2. The zero-order valence-corrected chi connectivity index (χ0v) is 82.0. The van der Waals surface area contributed by atoms with Crippen LogP contribution >= 0.6 is 0 Å². The fraction of sp³-hybridized carbons (Fsp3) is 0.408. The first-order chi connectivity index (χ1) is 67.8. The van der Waals surface area contributed by atoms with E-state index in [-0.39, 0.29) is 89.2 Å². The quantitative estimate of drug-likeness (QED) is 0.0655. The highest BCUT2D eigenvalue weighted by Gasteiger charge is 2.45. The number of hydrogen-bond acceptors (Lipinski definition) is 26. The van der Waals surface area contributed by atoms with Crippen LogP contribution in [-0.4, -0.2) is 338 Å². The summed E-state index contributed by atoms with van der Waals surface area (Å²) in [5, 5.41) is 34.7. The van der Waals surface area contributed by atoms with Gasteiger partial charge < -0.3 is 83.5 Å². The van der Waals surface area contributed by atoms with E-state index in [1.807, 2.05) is 134 Å². The Labute approximate surface area is 817 Å². The number of carbonyl (C=O) groups is 8. The number of H-pyrrole nitrogens is 3. The Morgan fingerprint density at radius 3 is 1.18 bits per heavy atom. The molecule has 37 nitrogen and oxygen atoms in total. The van der Waals surface area contributed by atoms with Gasteiger partial charge in [0.2, 0.25) is 35.5 Å². The number of para-hydroxylation sites is 1. The van der Waals surface area contributed by atoms with Gasteiger partial charge in [0.05, 0.1) is 52.2 Å². The van der Waals surface area contributed by atoms with Crippen molar-refractivity contribution in [3.8, 4) is 5.75 Å². The maximum atomic E-state index is 14.7. The number of nitrogens with one attached hydrogen (secondary N) is 3. The Bertz CT molecular complexity index is 6780. The normalized spacial score (nSPS) is 19.5. The Kier molecular flexibility index (Phi) is 27.1. The number of phenolic OH excluding ortho intramolecular Hbond substituents is 1. The predicted octanol–water partition coefficient (Wildman–Crippen LogP) is 9.03. The fourth-order valence-corrected chi connectivity index (χ4v) is 21.2. The molecule has 734 valence electrons. The second-order valence-corrected chi connectivity index (χ2v) is 38.4. The molecule has 0 aliphatic carbocycles. The number of halogens is 1. The summed E-state index contributed by atoms with van der Waals surface area (Å²) in [7, 11) is 8.20. The number of phenols is 1. The number of aromatic nitrogens is 12. The minimum Gasteiger partial charge on any atom is -0.506 e. The van der Waals surface area contributed by atoms with Crippen molar-refractivity contribution in [1.82, 2.24) is 89.9 Å². The van der Waals surface area contributed by atoms with Crippen LogP contribution in [0.15, 0.2) is 142 Å². The molecule has 10 aliphatic rings. The van der Waals surface area contributed by atoms with Gasteiger partial charge in [-0.25, -0.2) is 14.4 Å². The van der Waals surface area contributed by atoms with Gasteiger partial charge in [-0.2, -0.15) is 25.3 Å². The molecule has 0 radical (unpaired) electrons. The topological polar surface area (TPSA) is 372 Å². The van der Waals surface area contributed by atoms with Crippen LogP contribution in [0.4, 0.5) is 62.0 Å². The summed E-state index contributed by atoms with van der Waals surface area (Å²) in [5.41, 5.74) is 16.8. The van der Waals surface area contributed by atoms with E-state index in [2.05, 4.69) is 122 Å². The molecular weight excluding hydrogens is 1790 g/mol. The van der Waals surface area contributed by atoms with Crippen LogP contribution < -0.4 is 49.0 Å². The van der Waals surface area contributed by atoms with Crippen LogP contribution in [0.5, 0.6) is 5.75 Å². The lowest BCUT2D eigenvalue weighted by Gasteiger charge is -2.46. The van der Waals surface area contributed by atoms with Gasteiger partial charge in [-0.3, -0.25) is 63.6 Å². The summed E-state index contributed by atoms with van der Waals surface area (Å²) >= 11 is 0. The highest BCUT2D eigenvalue weighted by Crippen LogP contribution is 2.44. The van der Waals surface area contributed by atoms with Crippen molar-refractivity contribution in [2.75, 3.05) is 208 Å². The van der Waals surface area contributed by atoms with Crippen molar-refractivity contribution >= 4 is 138 Å². The van der Waals surface area contributed by atoms with Crippen molar-refractivity contribution in [2.45, 2.75) is 117 Å². The van der Waals surface area contributed by atoms with Crippen LogP contribution in [0.1, 0.15) is 114 Å². The van der Waals surface area contributed by atoms with Crippen molar-refractivity contribution in [3.63, 3.8) is 0 Å². The molecule has 17 heterocycles. The van der Waals surface area contributed by atoms with Crippen LogP contribution in [0, 0.1) is 33.5 Å². The van der Waals surface area contributed by atoms with E-state index in [1.165, 1.54) is 47.4 Å². The first kappa shape index (κ1) is 96.2. The summed E-state index contributed by atoms with van der Waals surface area (Å²) in [6.45, 7) is 43.4. The van der Waals surface area contributed by atoms with Gasteiger partial charge in [0.1, 0.15) is 45.8 Å². The van der Waals surface area contributed by atoms with E-state index in [0.29, 0.717) is 137 Å². The number of benzene rings is 4. The van der Waals surface area contributed by atoms with E-state index in [9.17, 15) is 47.9 Å². The van der Waals surface area contributed by atoms with Crippen molar-refractivity contribution < 1.29 is 47.9 Å². The van der Waals surface area contributed by atoms with Crippen LogP contribution in [-0.2, 0) is 44.9 Å². The molecule has 6 fully saturated rings. The average Bonchev–Trinajstić information content (AvgIpc) is 1.28. The van der Waals surface area contributed by atoms with Gasteiger partial charge in [-0.1, -0.05) is 50.6 Å². The van der Waals surface area contributed by atoms with E-state index in [1.54, 1.807) is 40.8 Å². The number of piperazine rings is 4. The Hall–Kier alpha value is -15.1. The van der Waals surface area contributed by atoms with Crippen molar-refractivity contribution in [2.24, 2.45) is 0 Å². The summed E-state index contributed by atoms with van der Waals surface area (Å²) < 4.78 is 14.7. The van der Waals surface area contributed by atoms with E-state index < -0.39 is 11.7 Å². The molecular formula is C103H121FN28O9. The Morgan fingerprint density at radius 2 is 0.780 bits per heavy atom. The number of aryl methyl sites for hydroxylation is 4. The lowest BCUT2D eigenvalue weighted by atomic mass is 9.97. The third-order valence-corrected chi connectivity index (χ3v) is 29.3. The number of aromatic amines is 3. The zero-order chi connectivity index (χ0) is 99.5. The van der Waals surface area contributed by atoms with Crippen molar-refractivity contribution in [3.05, 3.63) is 215 Å². The van der Waals surface area contributed by atoms with Gasteiger partial charge >= 0.3 is 0 Å². The van der Waals surface area contributed by atoms with Gasteiger partial charge in [-0.15, -0.1) is 0 Å². The number of hydrogen-bond donors (Lipinski definition) is 4. The summed E-state index contributed by atoms with van der Waals surface area (Å²) in [4.78, 5) is 164. The molecule has 11 aromatic rings. The summed E-state index contributed by atoms with van der Waals surface area (Å²) in [5.74, 6) is 0.573. The van der Waals surface area contributed by atoms with E-state index in [4.69, 9.17) is 19.9 Å². The third-order valence-electron chi connectivity index (χ3n) is 29.3. The lowest BCUT2D eigenvalue weighted by molar-refractivity contribution is -0.129. The number of fused-ring (bicyclic) bond motifs is 7. The predicted molar refractivity (Wildman–Crippen MR) is 543 cm³/mol. The van der Waals surface area contributed by atoms with Gasteiger partial charge in [0.25, 0.3) is 23.6 Å². The molecule has 0 bridgehead atoms. The molecule has 6 saturated heterocycles.